The van der Waals surface area contributed by atoms with Gasteiger partial charge in [0.2, 0.25) is 5.91 Å². The molecule has 8 nitrogen and oxygen atoms in total. The molecule has 1 atom stereocenters. The lowest BCUT2D eigenvalue weighted by Gasteiger charge is -2.08. The minimum Gasteiger partial charge on any atom is -0.494 e. The molecule has 0 aromatic heterocycles. The van der Waals surface area contributed by atoms with Crippen LogP contribution in [-0.2, 0) is 9.59 Å². The summed E-state index contributed by atoms with van der Waals surface area (Å²) >= 11 is 1.05. The van der Waals surface area contributed by atoms with Crippen LogP contribution >= 0.6 is 11.8 Å². The first-order valence-corrected chi connectivity index (χ1v) is 8.60. The molecule has 0 bridgehead atoms. The Kier molecular flexibility index (Phi) is 6.81. The minimum atomic E-state index is -1.03. The number of rotatable bonds is 8. The van der Waals surface area contributed by atoms with E-state index < -0.39 is 11.2 Å². The number of nitrogens with one attached hydrogen (secondary N) is 1. The number of ether oxygens (including phenoxy) is 2. The van der Waals surface area contributed by atoms with Crippen LogP contribution < -0.4 is 14.8 Å². The van der Waals surface area contributed by atoms with E-state index in [9.17, 15) is 9.59 Å². The van der Waals surface area contributed by atoms with Gasteiger partial charge >= 0.3 is 5.97 Å². The maximum absolute atomic E-state index is 11.6. The van der Waals surface area contributed by atoms with Crippen LogP contribution in [0.1, 0.15) is 25.8 Å². The van der Waals surface area contributed by atoms with Crippen molar-refractivity contribution in [3.05, 3.63) is 23.8 Å². The molecule has 2 rings (SSSR count). The summed E-state index contributed by atoms with van der Waals surface area (Å²) in [5, 5.41) is 18.7. The summed E-state index contributed by atoms with van der Waals surface area (Å²) in [5.41, 5.74) is 0.732. The summed E-state index contributed by atoms with van der Waals surface area (Å²) in [5.74, 6) is -0.0906. The highest BCUT2D eigenvalue weighted by molar-refractivity contribution is 8.15. The average molecular weight is 365 g/mol. The van der Waals surface area contributed by atoms with Crippen LogP contribution in [0.2, 0.25) is 0 Å². The third-order valence-corrected chi connectivity index (χ3v) is 4.09. The van der Waals surface area contributed by atoms with E-state index in [2.05, 4.69) is 15.5 Å². The number of aliphatic carboxylic acids is 1. The van der Waals surface area contributed by atoms with Gasteiger partial charge in [0.25, 0.3) is 0 Å². The third-order valence-electron chi connectivity index (χ3n) is 3.02. The first-order chi connectivity index (χ1) is 12.0. The van der Waals surface area contributed by atoms with Gasteiger partial charge in [-0.15, -0.1) is 5.10 Å². The number of carboxylic acids is 1. The Balaban J connectivity index is 2.08. The number of amidine groups is 1. The van der Waals surface area contributed by atoms with Crippen LogP contribution in [0, 0.1) is 0 Å². The van der Waals surface area contributed by atoms with Crippen LogP contribution in [0.15, 0.2) is 28.4 Å². The molecule has 25 heavy (non-hydrogen) atoms. The molecule has 9 heteroatoms. The number of benzene rings is 1. The number of amides is 1. The summed E-state index contributed by atoms with van der Waals surface area (Å²) in [6.07, 6.45) is 1.25. The van der Waals surface area contributed by atoms with Gasteiger partial charge in [-0.3, -0.25) is 9.59 Å². The van der Waals surface area contributed by atoms with Crippen LogP contribution in [0.3, 0.4) is 0 Å². The molecule has 1 saturated heterocycles. The molecule has 2 N–H and O–H groups in total. The Morgan fingerprint density at radius 2 is 1.92 bits per heavy atom. The van der Waals surface area contributed by atoms with Gasteiger partial charge in [0, 0.05) is 11.6 Å². The van der Waals surface area contributed by atoms with E-state index in [1.807, 2.05) is 13.8 Å². The lowest BCUT2D eigenvalue weighted by molar-refractivity contribution is -0.138. The Morgan fingerprint density at radius 1 is 1.28 bits per heavy atom. The Morgan fingerprint density at radius 3 is 2.48 bits per heavy atom. The van der Waals surface area contributed by atoms with Gasteiger partial charge in [-0.05, 0) is 26.0 Å². The Hall–Kier alpha value is -2.55. The number of carbonyl (C=O) groups is 2. The summed E-state index contributed by atoms with van der Waals surface area (Å²) in [6.45, 7) is 4.84. The molecule has 1 amide bonds. The van der Waals surface area contributed by atoms with Gasteiger partial charge in [0.15, 0.2) is 5.17 Å². The molecule has 1 aromatic carbocycles. The molecule has 0 saturated carbocycles. The summed E-state index contributed by atoms with van der Waals surface area (Å²) < 4.78 is 11.0. The van der Waals surface area contributed by atoms with Crippen molar-refractivity contribution in [2.24, 2.45) is 10.2 Å². The molecule has 1 aromatic rings. The van der Waals surface area contributed by atoms with E-state index in [4.69, 9.17) is 14.6 Å². The summed E-state index contributed by atoms with van der Waals surface area (Å²) in [6, 6.07) is 5.38. The predicted molar refractivity (Wildman–Crippen MR) is 95.6 cm³/mol. The first-order valence-electron chi connectivity index (χ1n) is 7.72. The van der Waals surface area contributed by atoms with Crippen molar-refractivity contribution < 1.29 is 24.2 Å². The van der Waals surface area contributed by atoms with Crippen LogP contribution in [0.4, 0.5) is 0 Å². The third kappa shape index (κ3) is 5.79. The van der Waals surface area contributed by atoms with Crippen molar-refractivity contribution >= 4 is 35.0 Å². The molecule has 1 heterocycles. The Labute approximate surface area is 149 Å². The van der Waals surface area contributed by atoms with E-state index in [-0.39, 0.29) is 17.5 Å². The smallest absolute Gasteiger partial charge is 0.305 e. The fourth-order valence-corrected chi connectivity index (χ4v) is 2.98. The molecule has 1 aliphatic rings. The first kappa shape index (κ1) is 18.8. The standard InChI is InChI=1S/C16H19N3O5S/c1-3-23-11-5-10(6-12(7-11)24-4-2)9-17-19-16-18-15(22)13(25-16)8-14(20)21/h5-7,9,13H,3-4,8H2,1-2H3,(H,20,21)(H,18,19,22). The SMILES string of the molecule is CCOc1cc(C=NN=C2NC(=O)C(CC(=O)O)S2)cc(OCC)c1. The number of carboxylic acid groups (broad SMARTS) is 1. The van der Waals surface area contributed by atoms with Crippen LogP contribution in [0.5, 0.6) is 11.5 Å². The van der Waals surface area contributed by atoms with Crippen molar-refractivity contribution in [3.8, 4) is 11.5 Å². The topological polar surface area (TPSA) is 110 Å². The van der Waals surface area contributed by atoms with E-state index in [1.54, 1.807) is 18.2 Å². The number of thioether (sulfide) groups is 1. The zero-order valence-electron chi connectivity index (χ0n) is 13.9. The number of hydrogen-bond donors (Lipinski definition) is 2. The minimum absolute atomic E-state index is 0.257. The zero-order chi connectivity index (χ0) is 18.2. The lowest BCUT2D eigenvalue weighted by atomic mass is 10.2. The highest BCUT2D eigenvalue weighted by Crippen LogP contribution is 2.23. The van der Waals surface area contributed by atoms with Crippen LogP contribution in [0.25, 0.3) is 0 Å². The zero-order valence-corrected chi connectivity index (χ0v) is 14.7. The fourth-order valence-electron chi connectivity index (χ4n) is 2.06. The van der Waals surface area contributed by atoms with Crippen molar-refractivity contribution in [2.75, 3.05) is 13.2 Å². The second kappa shape index (κ2) is 9.07. The number of nitrogens with zero attached hydrogens (tertiary/aromatic N) is 2. The van der Waals surface area contributed by atoms with E-state index >= 15 is 0 Å². The van der Waals surface area contributed by atoms with Gasteiger partial charge in [0.1, 0.15) is 16.7 Å². The van der Waals surface area contributed by atoms with Gasteiger partial charge in [-0.25, -0.2) is 0 Å². The average Bonchev–Trinajstić information content (AvgIpc) is 2.87. The molecule has 0 spiro atoms. The highest BCUT2D eigenvalue weighted by atomic mass is 32.2. The monoisotopic (exact) mass is 365 g/mol. The molecular weight excluding hydrogens is 346 g/mol. The van der Waals surface area contributed by atoms with Gasteiger partial charge in [0.05, 0.1) is 25.8 Å². The quantitative estimate of drug-likeness (QED) is 0.538. The van der Waals surface area contributed by atoms with Gasteiger partial charge in [-0.2, -0.15) is 5.10 Å². The van der Waals surface area contributed by atoms with Crippen molar-refractivity contribution in [1.29, 1.82) is 0 Å². The fraction of sp³-hybridized carbons (Fsp3) is 0.375. The maximum atomic E-state index is 11.6. The van der Waals surface area contributed by atoms with E-state index in [1.165, 1.54) is 6.21 Å². The largest absolute Gasteiger partial charge is 0.494 e. The molecule has 1 unspecified atom stereocenters. The molecule has 0 aliphatic carbocycles. The molecule has 1 fully saturated rings. The Bertz CT molecular complexity index is 681. The summed E-state index contributed by atoms with van der Waals surface area (Å²) in [7, 11) is 0. The second-order valence-corrected chi connectivity index (χ2v) is 6.14. The molecule has 1 aliphatic heterocycles. The van der Waals surface area contributed by atoms with Gasteiger partial charge in [-0.1, -0.05) is 11.8 Å². The number of carbonyl (C=O) groups excluding carboxylic acids is 1. The van der Waals surface area contributed by atoms with E-state index in [0.29, 0.717) is 24.7 Å². The highest BCUT2D eigenvalue weighted by Gasteiger charge is 2.32. The van der Waals surface area contributed by atoms with Crippen molar-refractivity contribution in [2.45, 2.75) is 25.5 Å². The molecule has 134 valence electrons. The molecular formula is C16H19N3O5S. The normalized spacial score (nSPS) is 18.6. The van der Waals surface area contributed by atoms with Crippen molar-refractivity contribution in [1.82, 2.24) is 5.32 Å². The van der Waals surface area contributed by atoms with Crippen LogP contribution in [-0.4, -0.2) is 46.8 Å². The molecule has 0 radical (unpaired) electrons. The van der Waals surface area contributed by atoms with E-state index in [0.717, 1.165) is 17.3 Å². The number of hydrogen-bond acceptors (Lipinski definition) is 7. The predicted octanol–water partition coefficient (Wildman–Crippen LogP) is 1.88. The van der Waals surface area contributed by atoms with Gasteiger partial charge < -0.3 is 19.9 Å². The second-order valence-electron chi connectivity index (χ2n) is 4.95. The lowest BCUT2D eigenvalue weighted by Crippen LogP contribution is -2.26. The maximum Gasteiger partial charge on any atom is 0.305 e. The van der Waals surface area contributed by atoms with Crippen molar-refractivity contribution in [3.63, 3.8) is 0 Å². The summed E-state index contributed by atoms with van der Waals surface area (Å²) in [4.78, 5) is 22.3.